The van der Waals surface area contributed by atoms with Crippen molar-refractivity contribution in [2.45, 2.75) is 13.0 Å². The van der Waals surface area contributed by atoms with Gasteiger partial charge in [-0.05, 0) is 12.5 Å². The molecule has 18 heavy (non-hydrogen) atoms. The zero-order chi connectivity index (χ0) is 13.7. The van der Waals surface area contributed by atoms with E-state index < -0.39 is 23.7 Å². The smallest absolute Gasteiger partial charge is 0.333 e. The van der Waals surface area contributed by atoms with E-state index >= 15 is 0 Å². The minimum Gasteiger partial charge on any atom is -0.467 e. The average molecular weight is 251 g/mol. The number of rotatable bonds is 4. The predicted octanol–water partition coefficient (Wildman–Crippen LogP) is 1.81. The van der Waals surface area contributed by atoms with Gasteiger partial charge in [0.05, 0.1) is 7.11 Å². The Morgan fingerprint density at radius 3 is 2.61 bits per heavy atom. The molecule has 1 rings (SSSR count). The van der Waals surface area contributed by atoms with Crippen molar-refractivity contribution in [3.05, 3.63) is 47.8 Å². The van der Waals surface area contributed by atoms with Gasteiger partial charge in [0.2, 0.25) is 0 Å². The molecule has 0 saturated carbocycles. The second-order valence-electron chi connectivity index (χ2n) is 3.75. The number of nitrogens with one attached hydrogen (secondary N) is 1. The Labute approximate surface area is 104 Å². The van der Waals surface area contributed by atoms with Crippen LogP contribution in [0.4, 0.5) is 4.39 Å². The zero-order valence-electron chi connectivity index (χ0n) is 10.2. The fourth-order valence-electron chi connectivity index (χ4n) is 1.46. The first-order valence-corrected chi connectivity index (χ1v) is 5.25. The Morgan fingerprint density at radius 1 is 1.44 bits per heavy atom. The van der Waals surface area contributed by atoms with E-state index in [1.807, 2.05) is 13.0 Å². The Hall–Kier alpha value is -2.17. The van der Waals surface area contributed by atoms with Gasteiger partial charge in [0.15, 0.2) is 11.9 Å². The topological polar surface area (TPSA) is 55.4 Å². The number of carbonyl (C=O) groups is 2. The van der Waals surface area contributed by atoms with E-state index in [9.17, 15) is 14.0 Å². The lowest BCUT2D eigenvalue weighted by Crippen LogP contribution is -2.34. The van der Waals surface area contributed by atoms with Crippen molar-refractivity contribution < 1.29 is 18.7 Å². The van der Waals surface area contributed by atoms with Gasteiger partial charge in [0.25, 0.3) is 5.91 Å². The van der Waals surface area contributed by atoms with Gasteiger partial charge in [0, 0.05) is 0 Å². The number of hydrogen-bond donors (Lipinski definition) is 1. The number of ether oxygens (including phenoxy) is 1. The van der Waals surface area contributed by atoms with Gasteiger partial charge >= 0.3 is 5.97 Å². The van der Waals surface area contributed by atoms with Crippen LogP contribution in [0.25, 0.3) is 0 Å². The van der Waals surface area contributed by atoms with E-state index in [1.165, 1.54) is 7.11 Å². The minimum absolute atomic E-state index is 0.524. The van der Waals surface area contributed by atoms with E-state index in [4.69, 9.17) is 0 Å². The molecule has 0 radical (unpaired) electrons. The summed E-state index contributed by atoms with van der Waals surface area (Å²) in [5, 5.41) is 2.22. The molecule has 1 aromatic rings. The number of methoxy groups -OCH3 is 1. The average Bonchev–Trinajstić information content (AvgIpc) is 2.34. The molecule has 96 valence electrons. The van der Waals surface area contributed by atoms with Crippen LogP contribution in [0.2, 0.25) is 0 Å². The fraction of sp³-hybridized carbons (Fsp3) is 0.231. The van der Waals surface area contributed by atoms with Crippen LogP contribution in [0.15, 0.2) is 36.7 Å². The highest BCUT2D eigenvalue weighted by Gasteiger charge is 2.24. The molecule has 0 aliphatic carbocycles. The third-order valence-electron chi connectivity index (χ3n) is 2.33. The third-order valence-corrected chi connectivity index (χ3v) is 2.33. The minimum atomic E-state index is -1.16. The molecule has 5 heteroatoms. The Bertz CT molecular complexity index is 485. The quantitative estimate of drug-likeness (QED) is 0.656. The summed E-state index contributed by atoms with van der Waals surface area (Å²) in [6.45, 7) is 4.71. The first-order chi connectivity index (χ1) is 8.45. The maximum Gasteiger partial charge on any atom is 0.333 e. The van der Waals surface area contributed by atoms with Crippen molar-refractivity contribution in [1.29, 1.82) is 0 Å². The van der Waals surface area contributed by atoms with Crippen LogP contribution >= 0.6 is 0 Å². The van der Waals surface area contributed by atoms with Crippen LogP contribution in [-0.4, -0.2) is 19.0 Å². The van der Waals surface area contributed by atoms with Crippen LogP contribution in [0.5, 0.6) is 0 Å². The molecule has 0 spiro atoms. The first-order valence-electron chi connectivity index (χ1n) is 5.25. The van der Waals surface area contributed by atoms with Gasteiger partial charge in [-0.15, -0.1) is 0 Å². The monoisotopic (exact) mass is 251 g/mol. The normalized spacial score (nSPS) is 11.5. The highest BCUT2D eigenvalue weighted by atomic mass is 19.1. The van der Waals surface area contributed by atoms with E-state index in [1.54, 1.807) is 18.2 Å². The van der Waals surface area contributed by atoms with Crippen molar-refractivity contribution in [2.75, 3.05) is 7.11 Å². The highest BCUT2D eigenvalue weighted by Crippen LogP contribution is 2.16. The Kier molecular flexibility index (Phi) is 4.59. The zero-order valence-corrected chi connectivity index (χ0v) is 10.2. The molecular weight excluding hydrogens is 237 g/mol. The van der Waals surface area contributed by atoms with Gasteiger partial charge in [-0.1, -0.05) is 36.4 Å². The lowest BCUT2D eigenvalue weighted by atomic mass is 10.0. The fourth-order valence-corrected chi connectivity index (χ4v) is 1.46. The van der Waals surface area contributed by atoms with Crippen molar-refractivity contribution in [3.63, 3.8) is 0 Å². The second-order valence-corrected chi connectivity index (χ2v) is 3.75. The third kappa shape index (κ3) is 3.41. The molecule has 0 fully saturated rings. The lowest BCUT2D eigenvalue weighted by Gasteiger charge is -2.16. The number of halogens is 1. The maximum absolute atomic E-state index is 12.7. The molecule has 0 bridgehead atoms. The molecule has 0 aromatic heterocycles. The number of carbonyl (C=O) groups excluding carboxylic acids is 2. The lowest BCUT2D eigenvalue weighted by molar-refractivity contribution is -0.145. The largest absolute Gasteiger partial charge is 0.467 e. The van der Waals surface area contributed by atoms with Crippen molar-refractivity contribution in [1.82, 2.24) is 5.32 Å². The van der Waals surface area contributed by atoms with Crippen molar-refractivity contribution in [2.24, 2.45) is 0 Å². The summed E-state index contributed by atoms with van der Waals surface area (Å²) in [6, 6.07) is 5.89. The van der Waals surface area contributed by atoms with Crippen LogP contribution < -0.4 is 5.32 Å². The molecule has 1 N–H and O–H groups in total. The van der Waals surface area contributed by atoms with Gasteiger partial charge in [-0.2, -0.15) is 0 Å². The van der Waals surface area contributed by atoms with Gasteiger partial charge in [0.1, 0.15) is 0 Å². The molecule has 0 heterocycles. The molecule has 1 amide bonds. The van der Waals surface area contributed by atoms with Gasteiger partial charge in [-0.25, -0.2) is 9.18 Å². The second kappa shape index (κ2) is 5.95. The van der Waals surface area contributed by atoms with E-state index in [0.717, 1.165) is 5.56 Å². The number of esters is 1. The molecule has 0 aliphatic heterocycles. The SMILES string of the molecule is C=C(F)C(=O)NC(C(=O)OC)c1cccc(C)c1. The number of amides is 1. The summed E-state index contributed by atoms with van der Waals surface area (Å²) in [7, 11) is 1.20. The predicted molar refractivity (Wildman–Crippen MR) is 64.3 cm³/mol. The van der Waals surface area contributed by atoms with Crippen LogP contribution in [0.1, 0.15) is 17.2 Å². The summed E-state index contributed by atoms with van der Waals surface area (Å²) < 4.78 is 17.2. The van der Waals surface area contributed by atoms with E-state index in [2.05, 4.69) is 16.6 Å². The Morgan fingerprint density at radius 2 is 2.11 bits per heavy atom. The molecule has 1 unspecified atom stereocenters. The van der Waals surface area contributed by atoms with Crippen molar-refractivity contribution >= 4 is 11.9 Å². The molecule has 4 nitrogen and oxygen atoms in total. The molecule has 0 aliphatic rings. The van der Waals surface area contributed by atoms with E-state index in [-0.39, 0.29) is 0 Å². The maximum atomic E-state index is 12.7. The number of benzene rings is 1. The van der Waals surface area contributed by atoms with Crippen LogP contribution in [0.3, 0.4) is 0 Å². The molecule has 1 aromatic carbocycles. The highest BCUT2D eigenvalue weighted by molar-refractivity contribution is 5.94. The van der Waals surface area contributed by atoms with Crippen LogP contribution in [0, 0.1) is 6.92 Å². The van der Waals surface area contributed by atoms with Crippen molar-refractivity contribution in [3.8, 4) is 0 Å². The summed E-state index contributed by atoms with van der Waals surface area (Å²) in [5.41, 5.74) is 1.44. The molecular formula is C13H14FNO3. The summed E-state index contributed by atoms with van der Waals surface area (Å²) >= 11 is 0. The molecule has 0 saturated heterocycles. The first kappa shape index (κ1) is 13.9. The summed E-state index contributed by atoms with van der Waals surface area (Å²) in [6.07, 6.45) is 0. The summed E-state index contributed by atoms with van der Waals surface area (Å²) in [5.74, 6) is -2.86. The standard InChI is InChI=1S/C13H14FNO3/c1-8-5-4-6-10(7-8)11(13(17)18-3)15-12(16)9(2)14/h4-7,11H,2H2,1,3H3,(H,15,16). The number of hydrogen-bond acceptors (Lipinski definition) is 3. The summed E-state index contributed by atoms with van der Waals surface area (Å²) in [4.78, 5) is 22.8. The molecule has 1 atom stereocenters. The van der Waals surface area contributed by atoms with E-state index in [0.29, 0.717) is 5.56 Å². The van der Waals surface area contributed by atoms with Gasteiger partial charge in [-0.3, -0.25) is 4.79 Å². The number of aryl methyl sites for hydroxylation is 1. The van der Waals surface area contributed by atoms with Crippen LogP contribution in [-0.2, 0) is 14.3 Å². The Balaban J connectivity index is 3.02. The van der Waals surface area contributed by atoms with Gasteiger partial charge < -0.3 is 10.1 Å².